The van der Waals surface area contributed by atoms with Gasteiger partial charge in [0.1, 0.15) is 12.6 Å². The molecular formula is C26H32N2O5. The van der Waals surface area contributed by atoms with Crippen LogP contribution in [0.1, 0.15) is 57.1 Å². The van der Waals surface area contributed by atoms with Gasteiger partial charge in [-0.1, -0.05) is 75.7 Å². The number of carboxylic acids is 1. The van der Waals surface area contributed by atoms with Gasteiger partial charge in [-0.15, -0.1) is 0 Å². The third kappa shape index (κ3) is 5.72. The molecule has 0 bridgehead atoms. The van der Waals surface area contributed by atoms with Crippen LogP contribution in [0, 0.1) is 5.92 Å². The van der Waals surface area contributed by atoms with E-state index in [1.165, 1.54) is 0 Å². The summed E-state index contributed by atoms with van der Waals surface area (Å²) in [4.78, 5) is 36.6. The van der Waals surface area contributed by atoms with Crippen LogP contribution in [0.3, 0.4) is 0 Å². The van der Waals surface area contributed by atoms with Gasteiger partial charge in [0.05, 0.1) is 6.42 Å². The molecule has 3 N–H and O–H groups in total. The van der Waals surface area contributed by atoms with E-state index < -0.39 is 30.1 Å². The van der Waals surface area contributed by atoms with E-state index in [0.29, 0.717) is 12.8 Å². The van der Waals surface area contributed by atoms with E-state index >= 15 is 0 Å². The van der Waals surface area contributed by atoms with Crippen LogP contribution in [0.5, 0.6) is 0 Å². The van der Waals surface area contributed by atoms with E-state index in [-0.39, 0.29) is 24.9 Å². The highest BCUT2D eigenvalue weighted by Crippen LogP contribution is 2.44. The lowest BCUT2D eigenvalue weighted by Gasteiger charge is -2.26. The first-order chi connectivity index (χ1) is 15.8. The van der Waals surface area contributed by atoms with Crippen molar-refractivity contribution in [2.24, 2.45) is 5.92 Å². The molecular weight excluding hydrogens is 420 g/mol. The summed E-state index contributed by atoms with van der Waals surface area (Å²) in [6, 6.07) is 14.9. The number of ether oxygens (including phenoxy) is 1. The predicted octanol–water partition coefficient (Wildman–Crippen LogP) is 4.31. The Bertz CT molecular complexity index is 960. The van der Waals surface area contributed by atoms with Crippen LogP contribution in [0.25, 0.3) is 11.1 Å². The molecule has 3 atom stereocenters. The van der Waals surface area contributed by atoms with Crippen LogP contribution >= 0.6 is 0 Å². The van der Waals surface area contributed by atoms with Crippen LogP contribution in [-0.4, -0.2) is 41.8 Å². The molecule has 1 aliphatic rings. The molecule has 33 heavy (non-hydrogen) atoms. The van der Waals surface area contributed by atoms with Gasteiger partial charge < -0.3 is 20.5 Å². The number of hydrogen-bond donors (Lipinski definition) is 3. The van der Waals surface area contributed by atoms with E-state index in [1.807, 2.05) is 57.2 Å². The summed E-state index contributed by atoms with van der Waals surface area (Å²) in [5.41, 5.74) is 4.51. The lowest BCUT2D eigenvalue weighted by atomic mass is 9.97. The monoisotopic (exact) mass is 452 g/mol. The zero-order valence-corrected chi connectivity index (χ0v) is 19.3. The molecule has 1 aliphatic carbocycles. The van der Waals surface area contributed by atoms with Gasteiger partial charge in [-0.2, -0.15) is 0 Å². The fourth-order valence-corrected chi connectivity index (χ4v) is 4.27. The van der Waals surface area contributed by atoms with Crippen molar-refractivity contribution in [2.75, 3.05) is 6.61 Å². The van der Waals surface area contributed by atoms with Crippen molar-refractivity contribution >= 4 is 18.0 Å². The van der Waals surface area contributed by atoms with Gasteiger partial charge in [0.15, 0.2) is 0 Å². The predicted molar refractivity (Wildman–Crippen MR) is 126 cm³/mol. The van der Waals surface area contributed by atoms with Crippen molar-refractivity contribution < 1.29 is 24.2 Å². The smallest absolute Gasteiger partial charge is 0.407 e. The van der Waals surface area contributed by atoms with Gasteiger partial charge in [0.2, 0.25) is 5.91 Å². The quantitative estimate of drug-likeness (QED) is 0.498. The third-order valence-corrected chi connectivity index (χ3v) is 6.37. The Labute approximate surface area is 194 Å². The highest BCUT2D eigenvalue weighted by Gasteiger charge is 2.31. The fourth-order valence-electron chi connectivity index (χ4n) is 4.27. The van der Waals surface area contributed by atoms with Crippen LogP contribution in [0.4, 0.5) is 4.79 Å². The Morgan fingerprint density at radius 2 is 1.52 bits per heavy atom. The molecule has 0 radical (unpaired) electrons. The number of nitrogens with one attached hydrogen (secondary N) is 2. The van der Waals surface area contributed by atoms with Crippen LogP contribution in [0.2, 0.25) is 0 Å². The average Bonchev–Trinajstić information content (AvgIpc) is 3.13. The topological polar surface area (TPSA) is 105 Å². The van der Waals surface area contributed by atoms with Crippen molar-refractivity contribution in [1.82, 2.24) is 10.6 Å². The number of benzene rings is 2. The number of rotatable bonds is 10. The maximum atomic E-state index is 12.8. The molecule has 0 saturated heterocycles. The summed E-state index contributed by atoms with van der Waals surface area (Å²) in [6.45, 7) is 5.77. The minimum Gasteiger partial charge on any atom is -0.481 e. The number of carbonyl (C=O) groups is 3. The Balaban J connectivity index is 1.66. The van der Waals surface area contributed by atoms with E-state index in [2.05, 4.69) is 22.8 Å². The number of carboxylic acid groups (broad SMARTS) is 1. The normalized spacial score (nSPS) is 15.0. The Hall–Kier alpha value is -3.35. The maximum Gasteiger partial charge on any atom is 0.407 e. The zero-order chi connectivity index (χ0) is 24.0. The van der Waals surface area contributed by atoms with E-state index in [0.717, 1.165) is 22.3 Å². The molecule has 176 valence electrons. The van der Waals surface area contributed by atoms with Crippen molar-refractivity contribution in [1.29, 1.82) is 0 Å². The first-order valence-electron chi connectivity index (χ1n) is 11.5. The van der Waals surface area contributed by atoms with Gasteiger partial charge in [0.25, 0.3) is 0 Å². The summed E-state index contributed by atoms with van der Waals surface area (Å²) in [5.74, 6) is -1.59. The minimum atomic E-state index is -0.980. The van der Waals surface area contributed by atoms with E-state index in [1.54, 1.807) is 0 Å². The first-order valence-corrected chi connectivity index (χ1v) is 11.5. The van der Waals surface area contributed by atoms with E-state index in [9.17, 15) is 14.4 Å². The summed E-state index contributed by atoms with van der Waals surface area (Å²) in [5, 5.41) is 14.5. The molecule has 0 spiro atoms. The second-order valence-electron chi connectivity index (χ2n) is 8.54. The van der Waals surface area contributed by atoms with Gasteiger partial charge in [0, 0.05) is 12.0 Å². The standard InChI is InChI=1S/C26H32N2O5/c1-4-16(3)24(25(31)27-17(5-2)14-23(29)30)28-26(32)33-15-22-20-12-8-6-10-18(20)19-11-7-9-13-21(19)22/h6-13,16-17,22,24H,4-5,14-15H2,1-3H3,(H,27,31)(H,28,32)(H,29,30)/t16?,17-,24-/m0/s1. The highest BCUT2D eigenvalue weighted by molar-refractivity contribution is 5.86. The summed E-state index contributed by atoms with van der Waals surface area (Å²) in [7, 11) is 0. The Morgan fingerprint density at radius 1 is 0.939 bits per heavy atom. The SMILES string of the molecule is CCC(C)[C@H](NC(=O)OCC1c2ccccc2-c2ccccc21)C(=O)N[C@@H](CC)CC(=O)O. The largest absolute Gasteiger partial charge is 0.481 e. The molecule has 2 aromatic carbocycles. The summed E-state index contributed by atoms with van der Waals surface area (Å²) in [6.07, 6.45) is 0.317. The number of fused-ring (bicyclic) bond motifs is 3. The minimum absolute atomic E-state index is 0.0703. The zero-order valence-electron chi connectivity index (χ0n) is 19.3. The van der Waals surface area contributed by atoms with Crippen LogP contribution in [0.15, 0.2) is 48.5 Å². The second kappa shape index (κ2) is 11.0. The molecule has 2 aromatic rings. The third-order valence-electron chi connectivity index (χ3n) is 6.37. The molecule has 0 aliphatic heterocycles. The summed E-state index contributed by atoms with van der Waals surface area (Å²) >= 11 is 0. The molecule has 7 nitrogen and oxygen atoms in total. The molecule has 3 rings (SSSR count). The molecule has 2 amide bonds. The van der Waals surface area contributed by atoms with Crippen LogP contribution in [-0.2, 0) is 14.3 Å². The first kappa shape index (κ1) is 24.3. The Kier molecular flexibility index (Phi) is 8.09. The molecule has 0 heterocycles. The lowest BCUT2D eigenvalue weighted by molar-refractivity contribution is -0.137. The van der Waals surface area contributed by atoms with Crippen molar-refractivity contribution in [2.45, 2.75) is 58.0 Å². The molecule has 1 unspecified atom stereocenters. The highest BCUT2D eigenvalue weighted by atomic mass is 16.5. The van der Waals surface area contributed by atoms with Crippen molar-refractivity contribution in [3.05, 3.63) is 59.7 Å². The lowest BCUT2D eigenvalue weighted by Crippen LogP contribution is -2.53. The molecule has 0 saturated carbocycles. The van der Waals surface area contributed by atoms with Gasteiger partial charge >= 0.3 is 12.1 Å². The number of hydrogen-bond acceptors (Lipinski definition) is 4. The fraction of sp³-hybridized carbons (Fsp3) is 0.423. The number of amides is 2. The van der Waals surface area contributed by atoms with Gasteiger partial charge in [-0.25, -0.2) is 4.79 Å². The molecule has 7 heteroatoms. The second-order valence-corrected chi connectivity index (χ2v) is 8.54. The maximum absolute atomic E-state index is 12.8. The summed E-state index contributed by atoms with van der Waals surface area (Å²) < 4.78 is 5.59. The molecule has 0 fully saturated rings. The number of alkyl carbamates (subject to hydrolysis) is 1. The number of aliphatic carboxylic acids is 1. The Morgan fingerprint density at radius 3 is 2.03 bits per heavy atom. The average molecular weight is 453 g/mol. The van der Waals surface area contributed by atoms with Crippen LogP contribution < -0.4 is 10.6 Å². The van der Waals surface area contributed by atoms with Crippen molar-refractivity contribution in [3.8, 4) is 11.1 Å². The van der Waals surface area contributed by atoms with E-state index in [4.69, 9.17) is 9.84 Å². The number of carbonyl (C=O) groups excluding carboxylic acids is 2. The van der Waals surface area contributed by atoms with Crippen molar-refractivity contribution in [3.63, 3.8) is 0 Å². The van der Waals surface area contributed by atoms with Gasteiger partial charge in [-0.05, 0) is 34.6 Å². The van der Waals surface area contributed by atoms with Gasteiger partial charge in [-0.3, -0.25) is 9.59 Å². The molecule has 0 aromatic heterocycles.